The molecule has 12 heavy (non-hydrogen) atoms. The predicted molar refractivity (Wildman–Crippen MR) is 45.8 cm³/mol. The number of amides is 1. The molecular weight excluding hydrogens is 180 g/mol. The van der Waals surface area contributed by atoms with Gasteiger partial charge in [-0.25, -0.2) is 4.98 Å². The second-order valence-corrected chi connectivity index (χ2v) is 2.58. The molecule has 4 nitrogen and oxygen atoms in total. The highest BCUT2D eigenvalue weighted by atomic mass is 35.5. The number of hydrogen-bond donors (Lipinski definition) is 0. The highest BCUT2D eigenvalue weighted by molar-refractivity contribution is 6.30. The van der Waals surface area contributed by atoms with Crippen LogP contribution in [0.15, 0.2) is 18.3 Å². The van der Waals surface area contributed by atoms with Gasteiger partial charge in [-0.15, -0.1) is 0 Å². The van der Waals surface area contributed by atoms with E-state index in [9.17, 15) is 10.0 Å². The Kier molecular flexibility index (Phi) is 2.62. The van der Waals surface area contributed by atoms with Crippen LogP contribution in [0.2, 0.25) is 5.02 Å². The van der Waals surface area contributed by atoms with Gasteiger partial charge in [0.05, 0.1) is 5.02 Å². The maximum Gasteiger partial charge on any atom is 0.214 e. The van der Waals surface area contributed by atoms with Gasteiger partial charge in [-0.1, -0.05) is 11.6 Å². The Balaban J connectivity index is 2.89. The molecule has 0 aliphatic heterocycles. The number of pyridine rings is 1. The third-order valence-corrected chi connectivity index (χ3v) is 1.43. The van der Waals surface area contributed by atoms with Gasteiger partial charge in [0.1, 0.15) is 5.82 Å². The molecule has 0 unspecified atom stereocenters. The largest absolute Gasteiger partial charge is 0.751 e. The van der Waals surface area contributed by atoms with Crippen LogP contribution in [0.25, 0.3) is 0 Å². The van der Waals surface area contributed by atoms with Gasteiger partial charge < -0.3 is 10.3 Å². The first-order valence-electron chi connectivity index (χ1n) is 3.20. The Morgan fingerprint density at radius 1 is 1.67 bits per heavy atom. The van der Waals surface area contributed by atoms with E-state index in [1.807, 2.05) is 0 Å². The van der Waals surface area contributed by atoms with E-state index >= 15 is 0 Å². The van der Waals surface area contributed by atoms with Crippen LogP contribution in [0, 0.1) is 5.21 Å². The first kappa shape index (κ1) is 8.96. The van der Waals surface area contributed by atoms with Crippen molar-refractivity contribution in [2.45, 2.75) is 6.92 Å². The van der Waals surface area contributed by atoms with Crippen LogP contribution in [-0.4, -0.2) is 10.9 Å². The molecule has 0 N–H and O–H groups in total. The molecule has 64 valence electrons. The zero-order valence-corrected chi connectivity index (χ0v) is 7.08. The van der Waals surface area contributed by atoms with Crippen molar-refractivity contribution < 1.29 is 4.79 Å². The SMILES string of the molecule is CC(=O)N([O-])c1ccc(Cl)cn1. The second-order valence-electron chi connectivity index (χ2n) is 2.15. The Hall–Kier alpha value is -1.13. The number of aromatic nitrogens is 1. The van der Waals surface area contributed by atoms with Crippen molar-refractivity contribution in [2.24, 2.45) is 0 Å². The molecule has 0 spiro atoms. The van der Waals surface area contributed by atoms with E-state index in [0.717, 1.165) is 0 Å². The lowest BCUT2D eigenvalue weighted by Crippen LogP contribution is -2.21. The number of carbonyl (C=O) groups excluding carboxylic acids is 1. The number of anilines is 1. The van der Waals surface area contributed by atoms with Crippen LogP contribution in [0.1, 0.15) is 6.92 Å². The summed E-state index contributed by atoms with van der Waals surface area (Å²) < 4.78 is 0. The zero-order valence-electron chi connectivity index (χ0n) is 6.32. The lowest BCUT2D eigenvalue weighted by molar-refractivity contribution is -0.116. The van der Waals surface area contributed by atoms with Crippen molar-refractivity contribution in [2.75, 3.05) is 5.06 Å². The predicted octanol–water partition coefficient (Wildman–Crippen LogP) is 1.59. The summed E-state index contributed by atoms with van der Waals surface area (Å²) in [6, 6.07) is 2.88. The van der Waals surface area contributed by atoms with Crippen LogP contribution in [0.5, 0.6) is 0 Å². The molecule has 0 aliphatic rings. The summed E-state index contributed by atoms with van der Waals surface area (Å²) in [5.41, 5.74) is 0. The van der Waals surface area contributed by atoms with Gasteiger partial charge in [-0.2, -0.15) is 0 Å². The Labute approximate surface area is 74.4 Å². The third-order valence-electron chi connectivity index (χ3n) is 1.21. The minimum absolute atomic E-state index is 0.0481. The van der Waals surface area contributed by atoms with Crippen molar-refractivity contribution in [1.82, 2.24) is 4.98 Å². The topological polar surface area (TPSA) is 56.3 Å². The van der Waals surface area contributed by atoms with Crippen LogP contribution < -0.4 is 5.06 Å². The molecule has 0 fully saturated rings. The Bertz CT molecular complexity index is 286. The van der Waals surface area contributed by atoms with E-state index in [4.69, 9.17) is 11.6 Å². The van der Waals surface area contributed by atoms with E-state index < -0.39 is 5.91 Å². The first-order chi connectivity index (χ1) is 5.61. The molecule has 0 atom stereocenters. The summed E-state index contributed by atoms with van der Waals surface area (Å²) in [6.07, 6.45) is 1.31. The van der Waals surface area contributed by atoms with Crippen LogP contribution >= 0.6 is 11.6 Å². The van der Waals surface area contributed by atoms with Crippen molar-refractivity contribution in [3.63, 3.8) is 0 Å². The van der Waals surface area contributed by atoms with Crippen LogP contribution in [-0.2, 0) is 4.79 Å². The van der Waals surface area contributed by atoms with Crippen molar-refractivity contribution in [1.29, 1.82) is 0 Å². The number of nitrogens with zero attached hydrogens (tertiary/aromatic N) is 2. The van der Waals surface area contributed by atoms with Gasteiger partial charge in [0.25, 0.3) is 0 Å². The molecule has 5 heteroatoms. The minimum atomic E-state index is -0.607. The standard InChI is InChI=1S/C7H6ClN2O2/c1-5(11)10(12)7-3-2-6(8)4-9-7/h2-4H,1H3/q-1. The summed E-state index contributed by atoms with van der Waals surface area (Å²) in [5.74, 6) is -0.559. The normalized spacial score (nSPS) is 9.58. The molecule has 1 rings (SSSR count). The van der Waals surface area contributed by atoms with Crippen LogP contribution in [0.4, 0.5) is 5.82 Å². The monoisotopic (exact) mass is 185 g/mol. The van der Waals surface area contributed by atoms with Gasteiger partial charge in [-0.05, 0) is 12.1 Å². The quantitative estimate of drug-likeness (QED) is 0.625. The van der Waals surface area contributed by atoms with Gasteiger partial charge in [0.15, 0.2) is 0 Å². The zero-order chi connectivity index (χ0) is 9.14. The number of carbonyl (C=O) groups is 1. The van der Waals surface area contributed by atoms with Crippen molar-refractivity contribution >= 4 is 23.3 Å². The molecule has 0 radical (unpaired) electrons. The fraction of sp³-hybridized carbons (Fsp3) is 0.143. The molecule has 1 aromatic heterocycles. The molecule has 1 aromatic rings. The van der Waals surface area contributed by atoms with E-state index in [-0.39, 0.29) is 10.9 Å². The molecule has 0 saturated carbocycles. The van der Waals surface area contributed by atoms with Crippen LogP contribution in [0.3, 0.4) is 0 Å². The number of hydroxylamine groups is 1. The maximum absolute atomic E-state index is 10.9. The number of rotatable bonds is 1. The smallest absolute Gasteiger partial charge is 0.214 e. The summed E-state index contributed by atoms with van der Waals surface area (Å²) in [5, 5.41) is 11.5. The van der Waals surface area contributed by atoms with Gasteiger partial charge in [-0.3, -0.25) is 4.79 Å². The molecule has 1 heterocycles. The Morgan fingerprint density at radius 2 is 2.33 bits per heavy atom. The fourth-order valence-corrected chi connectivity index (χ4v) is 0.761. The lowest BCUT2D eigenvalue weighted by Gasteiger charge is -2.24. The molecular formula is C7H6ClN2O2-. The summed E-state index contributed by atoms with van der Waals surface area (Å²) >= 11 is 5.53. The molecule has 0 bridgehead atoms. The van der Waals surface area contributed by atoms with E-state index in [2.05, 4.69) is 4.98 Å². The van der Waals surface area contributed by atoms with E-state index in [1.165, 1.54) is 25.3 Å². The average Bonchev–Trinajstić information content (AvgIpc) is 2.04. The van der Waals surface area contributed by atoms with E-state index in [0.29, 0.717) is 5.02 Å². The van der Waals surface area contributed by atoms with Gasteiger partial charge in [0, 0.05) is 13.1 Å². The first-order valence-corrected chi connectivity index (χ1v) is 3.58. The van der Waals surface area contributed by atoms with Gasteiger partial charge in [0.2, 0.25) is 5.91 Å². The second kappa shape index (κ2) is 3.51. The third kappa shape index (κ3) is 1.93. The van der Waals surface area contributed by atoms with E-state index in [1.54, 1.807) is 0 Å². The summed E-state index contributed by atoms with van der Waals surface area (Å²) in [7, 11) is 0. The minimum Gasteiger partial charge on any atom is -0.751 e. The highest BCUT2D eigenvalue weighted by Gasteiger charge is 1.99. The lowest BCUT2D eigenvalue weighted by atomic mass is 10.4. The maximum atomic E-state index is 10.9. The molecule has 0 saturated heterocycles. The highest BCUT2D eigenvalue weighted by Crippen LogP contribution is 2.12. The Morgan fingerprint density at radius 3 is 2.75 bits per heavy atom. The fourth-order valence-electron chi connectivity index (χ4n) is 0.649. The molecule has 0 aliphatic carbocycles. The van der Waals surface area contributed by atoms with Crippen molar-refractivity contribution in [3.8, 4) is 0 Å². The average molecular weight is 186 g/mol. The summed E-state index contributed by atoms with van der Waals surface area (Å²) in [4.78, 5) is 14.2. The van der Waals surface area contributed by atoms with Gasteiger partial charge >= 0.3 is 0 Å². The number of halogens is 1. The van der Waals surface area contributed by atoms with Crippen molar-refractivity contribution in [3.05, 3.63) is 28.6 Å². The number of hydrogen-bond acceptors (Lipinski definition) is 3. The molecule has 1 amide bonds. The molecule has 0 aromatic carbocycles. The summed E-state index contributed by atoms with van der Waals surface area (Å²) in [6.45, 7) is 1.17.